The summed E-state index contributed by atoms with van der Waals surface area (Å²) in [5.74, 6) is 1.57. The first-order chi connectivity index (χ1) is 12.8. The van der Waals surface area contributed by atoms with Gasteiger partial charge in [0.15, 0.2) is 16.6 Å². The Hall–Kier alpha value is -2.38. The third-order valence-corrected chi connectivity index (χ3v) is 4.82. The second kappa shape index (κ2) is 7.88. The van der Waals surface area contributed by atoms with Crippen molar-refractivity contribution in [2.45, 2.75) is 25.5 Å². The lowest BCUT2D eigenvalue weighted by Crippen LogP contribution is -2.39. The lowest BCUT2D eigenvalue weighted by Gasteiger charge is -2.28. The molecule has 0 bridgehead atoms. The molecule has 3 heterocycles. The van der Waals surface area contributed by atoms with Gasteiger partial charge in [-0.2, -0.15) is 0 Å². The highest BCUT2D eigenvalue weighted by Crippen LogP contribution is 2.33. The SMILES string of the molecule is S=C(Nc1cccnc1)N(Cc1ccc2c(c1)OCO2)C[C@@H]1CCCO1. The van der Waals surface area contributed by atoms with Gasteiger partial charge in [-0.3, -0.25) is 4.98 Å². The lowest BCUT2D eigenvalue weighted by molar-refractivity contribution is 0.0905. The highest BCUT2D eigenvalue weighted by Gasteiger charge is 2.22. The number of rotatable bonds is 5. The minimum Gasteiger partial charge on any atom is -0.454 e. The molecule has 1 atom stereocenters. The second-order valence-electron chi connectivity index (χ2n) is 6.38. The van der Waals surface area contributed by atoms with Crippen molar-refractivity contribution in [3.63, 3.8) is 0 Å². The number of anilines is 1. The van der Waals surface area contributed by atoms with Gasteiger partial charge in [0.2, 0.25) is 6.79 Å². The number of aromatic nitrogens is 1. The molecule has 4 rings (SSSR count). The van der Waals surface area contributed by atoms with E-state index < -0.39 is 0 Å². The summed E-state index contributed by atoms with van der Waals surface area (Å²) in [5, 5.41) is 3.93. The minimum atomic E-state index is 0.206. The topological polar surface area (TPSA) is 55.9 Å². The summed E-state index contributed by atoms with van der Waals surface area (Å²) in [6.07, 6.45) is 5.87. The van der Waals surface area contributed by atoms with E-state index in [2.05, 4.69) is 15.2 Å². The van der Waals surface area contributed by atoms with Crippen LogP contribution < -0.4 is 14.8 Å². The van der Waals surface area contributed by atoms with E-state index in [1.807, 2.05) is 30.3 Å². The predicted octanol–water partition coefficient (Wildman–Crippen LogP) is 3.19. The standard InChI is InChI=1S/C19H21N3O3S/c26-19(21-15-3-1-7-20-10-15)22(12-16-4-2-8-23-16)11-14-5-6-17-18(9-14)25-13-24-17/h1,3,5-7,9-10,16H,2,4,8,11-13H2,(H,21,26)/t16-/m0/s1. The van der Waals surface area contributed by atoms with Crippen LogP contribution in [-0.2, 0) is 11.3 Å². The maximum absolute atomic E-state index is 5.81. The Bertz CT molecular complexity index is 766. The third-order valence-electron chi connectivity index (χ3n) is 4.46. The van der Waals surface area contributed by atoms with Crippen LogP contribution in [0.2, 0.25) is 0 Å². The summed E-state index contributed by atoms with van der Waals surface area (Å²) >= 11 is 5.67. The van der Waals surface area contributed by atoms with Crippen molar-refractivity contribution in [1.29, 1.82) is 0 Å². The maximum Gasteiger partial charge on any atom is 0.231 e. The average molecular weight is 371 g/mol. The van der Waals surface area contributed by atoms with Gasteiger partial charge < -0.3 is 24.4 Å². The highest BCUT2D eigenvalue weighted by atomic mass is 32.1. The first kappa shape index (κ1) is 17.1. The molecule has 2 aliphatic heterocycles. The summed E-state index contributed by atoms with van der Waals surface area (Å²) in [6, 6.07) is 9.83. The Labute approximate surface area is 158 Å². The number of thiocarbonyl (C=S) groups is 1. The quantitative estimate of drug-likeness (QED) is 0.810. The number of pyridine rings is 1. The van der Waals surface area contributed by atoms with Gasteiger partial charge in [-0.25, -0.2) is 0 Å². The van der Waals surface area contributed by atoms with Crippen molar-refractivity contribution in [2.24, 2.45) is 0 Å². The van der Waals surface area contributed by atoms with E-state index in [-0.39, 0.29) is 12.9 Å². The van der Waals surface area contributed by atoms with E-state index in [9.17, 15) is 0 Å². The fourth-order valence-electron chi connectivity index (χ4n) is 3.15. The molecule has 1 aromatic carbocycles. The number of benzene rings is 1. The Kier molecular flexibility index (Phi) is 5.17. The molecule has 7 heteroatoms. The summed E-state index contributed by atoms with van der Waals surface area (Å²) in [4.78, 5) is 6.26. The lowest BCUT2D eigenvalue weighted by atomic mass is 10.1. The highest BCUT2D eigenvalue weighted by molar-refractivity contribution is 7.80. The summed E-state index contributed by atoms with van der Waals surface area (Å²) in [7, 11) is 0. The molecule has 0 spiro atoms. The van der Waals surface area contributed by atoms with Crippen molar-refractivity contribution in [3.05, 3.63) is 48.3 Å². The van der Waals surface area contributed by atoms with Crippen LogP contribution in [0.1, 0.15) is 18.4 Å². The maximum atomic E-state index is 5.81. The zero-order valence-corrected chi connectivity index (χ0v) is 15.2. The molecule has 0 saturated carbocycles. The number of nitrogens with one attached hydrogen (secondary N) is 1. The van der Waals surface area contributed by atoms with Crippen LogP contribution in [0.5, 0.6) is 11.5 Å². The molecule has 0 radical (unpaired) electrons. The molecule has 26 heavy (non-hydrogen) atoms. The molecule has 0 amide bonds. The molecule has 1 aromatic heterocycles. The smallest absolute Gasteiger partial charge is 0.231 e. The van der Waals surface area contributed by atoms with Crippen molar-refractivity contribution in [1.82, 2.24) is 9.88 Å². The van der Waals surface area contributed by atoms with Gasteiger partial charge in [-0.15, -0.1) is 0 Å². The molecule has 6 nitrogen and oxygen atoms in total. The number of nitrogens with zero attached hydrogens (tertiary/aromatic N) is 2. The number of ether oxygens (including phenoxy) is 3. The molecular weight excluding hydrogens is 350 g/mol. The van der Waals surface area contributed by atoms with Gasteiger partial charge in [0.25, 0.3) is 0 Å². The molecule has 1 fully saturated rings. The van der Waals surface area contributed by atoms with Crippen LogP contribution in [0.3, 0.4) is 0 Å². The normalized spacial score (nSPS) is 17.9. The summed E-state index contributed by atoms with van der Waals surface area (Å²) < 4.78 is 16.7. The third kappa shape index (κ3) is 4.05. The van der Waals surface area contributed by atoms with Crippen LogP contribution >= 0.6 is 12.2 Å². The molecule has 0 aliphatic carbocycles. The summed E-state index contributed by atoms with van der Waals surface area (Å²) in [5.41, 5.74) is 1.99. The average Bonchev–Trinajstić information content (AvgIpc) is 3.33. The van der Waals surface area contributed by atoms with Crippen LogP contribution in [0, 0.1) is 0 Å². The van der Waals surface area contributed by atoms with E-state index in [1.165, 1.54) is 0 Å². The Morgan fingerprint density at radius 1 is 1.27 bits per heavy atom. The van der Waals surface area contributed by atoms with Crippen LogP contribution in [0.4, 0.5) is 5.69 Å². The van der Waals surface area contributed by atoms with Gasteiger partial charge >= 0.3 is 0 Å². The molecule has 1 N–H and O–H groups in total. The van der Waals surface area contributed by atoms with Crippen molar-refractivity contribution >= 4 is 23.0 Å². The van der Waals surface area contributed by atoms with Gasteiger partial charge in [0.1, 0.15) is 0 Å². The van der Waals surface area contributed by atoms with Gasteiger partial charge in [0.05, 0.1) is 18.0 Å². The van der Waals surface area contributed by atoms with Crippen molar-refractivity contribution in [2.75, 3.05) is 25.3 Å². The van der Waals surface area contributed by atoms with E-state index >= 15 is 0 Å². The zero-order chi connectivity index (χ0) is 17.8. The first-order valence-corrected chi connectivity index (χ1v) is 9.15. The van der Waals surface area contributed by atoms with Gasteiger partial charge in [0, 0.05) is 25.9 Å². The zero-order valence-electron chi connectivity index (χ0n) is 14.4. The number of hydrogen-bond acceptors (Lipinski definition) is 5. The molecular formula is C19H21N3O3S. The van der Waals surface area contributed by atoms with Crippen LogP contribution in [-0.4, -0.2) is 41.0 Å². The first-order valence-electron chi connectivity index (χ1n) is 8.74. The molecule has 136 valence electrons. The largest absolute Gasteiger partial charge is 0.454 e. The Morgan fingerprint density at radius 3 is 3.00 bits per heavy atom. The van der Waals surface area contributed by atoms with Crippen LogP contribution in [0.25, 0.3) is 0 Å². The van der Waals surface area contributed by atoms with Crippen LogP contribution in [0.15, 0.2) is 42.7 Å². The number of hydrogen-bond donors (Lipinski definition) is 1. The van der Waals surface area contributed by atoms with E-state index in [0.29, 0.717) is 11.7 Å². The molecule has 0 unspecified atom stereocenters. The second-order valence-corrected chi connectivity index (χ2v) is 6.76. The van der Waals surface area contributed by atoms with E-state index in [1.54, 1.807) is 12.4 Å². The van der Waals surface area contributed by atoms with Gasteiger partial charge in [-0.05, 0) is 54.9 Å². The van der Waals surface area contributed by atoms with Gasteiger partial charge in [-0.1, -0.05) is 6.07 Å². The minimum absolute atomic E-state index is 0.206. The predicted molar refractivity (Wildman–Crippen MR) is 102 cm³/mol. The van der Waals surface area contributed by atoms with E-state index in [4.69, 9.17) is 26.4 Å². The molecule has 2 aromatic rings. The molecule has 1 saturated heterocycles. The van der Waals surface area contributed by atoms with Crippen molar-refractivity contribution in [3.8, 4) is 11.5 Å². The molecule has 2 aliphatic rings. The number of fused-ring (bicyclic) bond motifs is 1. The fourth-order valence-corrected chi connectivity index (χ4v) is 3.41. The Balaban J connectivity index is 1.49. The van der Waals surface area contributed by atoms with E-state index in [0.717, 1.165) is 48.7 Å². The fraction of sp³-hybridized carbons (Fsp3) is 0.368. The van der Waals surface area contributed by atoms with Crippen molar-refractivity contribution < 1.29 is 14.2 Å². The monoisotopic (exact) mass is 371 g/mol. The Morgan fingerprint density at radius 2 is 2.19 bits per heavy atom. The summed E-state index contributed by atoms with van der Waals surface area (Å²) in [6.45, 7) is 2.52.